The Kier molecular flexibility index (Phi) is 7.48. The summed E-state index contributed by atoms with van der Waals surface area (Å²) in [5, 5.41) is 9.34. The highest BCUT2D eigenvalue weighted by atomic mass is 35.5. The molecule has 0 saturated carbocycles. The number of nitrogens with one attached hydrogen (secondary N) is 1. The third-order valence-corrected chi connectivity index (χ3v) is 6.80. The summed E-state index contributed by atoms with van der Waals surface area (Å²) in [5.74, 6) is 0. The zero-order valence-corrected chi connectivity index (χ0v) is 21.0. The molecule has 0 aliphatic carbocycles. The molecule has 0 amide bonds. The van der Waals surface area contributed by atoms with Crippen LogP contribution in [-0.2, 0) is 6.54 Å². The number of hydrogen-bond acceptors (Lipinski definition) is 4. The molecular weight excluding hydrogens is 454 g/mol. The zero-order chi connectivity index (χ0) is 24.0. The number of aryl methyl sites for hydroxylation is 1. The smallest absolute Gasteiger partial charge is 0.0773 e. The van der Waals surface area contributed by atoms with Crippen LogP contribution in [0, 0.1) is 6.92 Å². The summed E-state index contributed by atoms with van der Waals surface area (Å²) in [4.78, 5) is 4.94. The summed E-state index contributed by atoms with van der Waals surface area (Å²) in [6.45, 7) is 9.03. The number of piperazine rings is 1. The van der Waals surface area contributed by atoms with Crippen LogP contribution in [-0.4, -0.2) is 53.9 Å². The van der Waals surface area contributed by atoms with Gasteiger partial charge in [-0.2, -0.15) is 5.10 Å². The van der Waals surface area contributed by atoms with E-state index in [1.54, 1.807) is 0 Å². The van der Waals surface area contributed by atoms with Gasteiger partial charge < -0.3 is 10.2 Å². The van der Waals surface area contributed by atoms with Gasteiger partial charge in [0.1, 0.15) is 0 Å². The number of halogens is 1. The van der Waals surface area contributed by atoms with Crippen molar-refractivity contribution in [2.75, 3.05) is 44.2 Å². The molecule has 1 fully saturated rings. The van der Waals surface area contributed by atoms with E-state index in [0.717, 1.165) is 67.9 Å². The Balaban J connectivity index is 1.16. The first kappa shape index (κ1) is 23.6. The summed E-state index contributed by atoms with van der Waals surface area (Å²) in [6.07, 6.45) is 0. The summed E-state index contributed by atoms with van der Waals surface area (Å²) in [6, 6.07) is 29.4. The quantitative estimate of drug-likeness (QED) is 0.338. The van der Waals surface area contributed by atoms with E-state index >= 15 is 0 Å². The highest BCUT2D eigenvalue weighted by Crippen LogP contribution is 2.25. The summed E-state index contributed by atoms with van der Waals surface area (Å²) >= 11 is 6.16. The van der Waals surface area contributed by atoms with Crippen molar-refractivity contribution >= 4 is 17.3 Å². The van der Waals surface area contributed by atoms with Crippen LogP contribution in [0.4, 0.5) is 5.69 Å². The molecule has 1 N–H and O–H groups in total. The first-order valence-electron chi connectivity index (χ1n) is 12.3. The van der Waals surface area contributed by atoms with Crippen molar-refractivity contribution in [1.29, 1.82) is 0 Å². The molecule has 6 heteroatoms. The molecule has 5 nitrogen and oxygen atoms in total. The molecule has 1 aliphatic rings. The molecule has 0 bridgehead atoms. The molecule has 1 saturated heterocycles. The molecule has 0 radical (unpaired) electrons. The fourth-order valence-corrected chi connectivity index (χ4v) is 4.75. The predicted octanol–water partition coefficient (Wildman–Crippen LogP) is 5.41. The molecule has 2 heterocycles. The highest BCUT2D eigenvalue weighted by Gasteiger charge is 2.17. The van der Waals surface area contributed by atoms with Gasteiger partial charge in [-0.1, -0.05) is 65.7 Å². The van der Waals surface area contributed by atoms with Crippen molar-refractivity contribution in [3.05, 3.63) is 101 Å². The Morgan fingerprint density at radius 2 is 1.57 bits per heavy atom. The van der Waals surface area contributed by atoms with E-state index < -0.39 is 0 Å². The van der Waals surface area contributed by atoms with Gasteiger partial charge in [-0.3, -0.25) is 4.90 Å². The topological polar surface area (TPSA) is 36.3 Å². The highest BCUT2D eigenvalue weighted by molar-refractivity contribution is 6.30. The number of aromatic nitrogens is 2. The predicted molar refractivity (Wildman–Crippen MR) is 146 cm³/mol. The number of benzene rings is 3. The first-order valence-corrected chi connectivity index (χ1v) is 12.7. The van der Waals surface area contributed by atoms with Crippen molar-refractivity contribution in [2.24, 2.45) is 0 Å². The molecule has 0 spiro atoms. The zero-order valence-electron chi connectivity index (χ0n) is 20.2. The maximum absolute atomic E-state index is 6.16. The SMILES string of the molecule is Cc1ccc(-c2cc(CNCCN3CCN(c4cccc(Cl)c4)CC3)nn2-c2ccccc2)cc1. The van der Waals surface area contributed by atoms with Gasteiger partial charge in [0.15, 0.2) is 0 Å². The van der Waals surface area contributed by atoms with E-state index in [9.17, 15) is 0 Å². The van der Waals surface area contributed by atoms with E-state index in [0.29, 0.717) is 0 Å². The lowest BCUT2D eigenvalue weighted by Crippen LogP contribution is -2.48. The molecule has 3 aromatic carbocycles. The molecule has 0 unspecified atom stereocenters. The van der Waals surface area contributed by atoms with E-state index in [1.807, 2.05) is 18.2 Å². The Morgan fingerprint density at radius 3 is 2.31 bits per heavy atom. The van der Waals surface area contributed by atoms with Crippen LogP contribution >= 0.6 is 11.6 Å². The third kappa shape index (κ3) is 5.93. The van der Waals surface area contributed by atoms with Crippen LogP contribution in [0.1, 0.15) is 11.3 Å². The minimum Gasteiger partial charge on any atom is -0.369 e. The Hall–Kier alpha value is -3.12. The monoisotopic (exact) mass is 485 g/mol. The maximum atomic E-state index is 6.16. The van der Waals surface area contributed by atoms with E-state index in [-0.39, 0.29) is 0 Å². The lowest BCUT2D eigenvalue weighted by atomic mass is 10.1. The van der Waals surface area contributed by atoms with Crippen molar-refractivity contribution in [2.45, 2.75) is 13.5 Å². The number of rotatable bonds is 8. The fourth-order valence-electron chi connectivity index (χ4n) is 4.57. The van der Waals surface area contributed by atoms with Crippen LogP contribution < -0.4 is 10.2 Å². The molecular formula is C29H32ClN5. The molecule has 35 heavy (non-hydrogen) atoms. The largest absolute Gasteiger partial charge is 0.369 e. The number of para-hydroxylation sites is 1. The number of hydrogen-bond donors (Lipinski definition) is 1. The van der Waals surface area contributed by atoms with Gasteiger partial charge in [-0.15, -0.1) is 0 Å². The van der Waals surface area contributed by atoms with Gasteiger partial charge in [0.2, 0.25) is 0 Å². The van der Waals surface area contributed by atoms with Gasteiger partial charge in [-0.25, -0.2) is 4.68 Å². The second-order valence-electron chi connectivity index (χ2n) is 9.12. The lowest BCUT2D eigenvalue weighted by Gasteiger charge is -2.36. The Morgan fingerprint density at radius 1 is 0.829 bits per heavy atom. The molecule has 1 aromatic heterocycles. The Labute approximate surface area is 212 Å². The van der Waals surface area contributed by atoms with Crippen LogP contribution in [0.2, 0.25) is 5.02 Å². The normalized spacial score (nSPS) is 14.4. The van der Waals surface area contributed by atoms with Gasteiger partial charge in [0.25, 0.3) is 0 Å². The van der Waals surface area contributed by atoms with Crippen molar-refractivity contribution in [3.63, 3.8) is 0 Å². The van der Waals surface area contributed by atoms with Gasteiger partial charge >= 0.3 is 0 Å². The third-order valence-electron chi connectivity index (χ3n) is 6.56. The van der Waals surface area contributed by atoms with Gasteiger partial charge in [0.05, 0.1) is 17.1 Å². The average molecular weight is 486 g/mol. The van der Waals surface area contributed by atoms with Crippen LogP contribution in [0.15, 0.2) is 84.9 Å². The van der Waals surface area contributed by atoms with Crippen LogP contribution in [0.25, 0.3) is 16.9 Å². The molecule has 180 valence electrons. The van der Waals surface area contributed by atoms with E-state index in [1.165, 1.54) is 16.8 Å². The molecule has 0 atom stereocenters. The van der Waals surface area contributed by atoms with Crippen LogP contribution in [0.3, 0.4) is 0 Å². The average Bonchev–Trinajstić information content (AvgIpc) is 3.32. The molecule has 5 rings (SSSR count). The van der Waals surface area contributed by atoms with E-state index in [4.69, 9.17) is 16.7 Å². The second kappa shape index (κ2) is 11.1. The standard InChI is InChI=1S/C29H32ClN5/c1-23-10-12-24(13-11-23)29-21-26(32-35(29)27-7-3-2-4-8-27)22-31-14-15-33-16-18-34(19-17-33)28-9-5-6-25(30)20-28/h2-13,20-21,31H,14-19,22H2,1H3. The number of nitrogens with zero attached hydrogens (tertiary/aromatic N) is 4. The van der Waals surface area contributed by atoms with Gasteiger partial charge in [0, 0.05) is 62.1 Å². The number of anilines is 1. The van der Waals surface area contributed by atoms with Crippen molar-refractivity contribution < 1.29 is 0 Å². The second-order valence-corrected chi connectivity index (χ2v) is 9.56. The summed E-state index contributed by atoms with van der Waals surface area (Å²) < 4.78 is 2.05. The van der Waals surface area contributed by atoms with Gasteiger partial charge in [-0.05, 0) is 43.3 Å². The molecule has 4 aromatic rings. The minimum atomic E-state index is 0.751. The maximum Gasteiger partial charge on any atom is 0.0773 e. The minimum absolute atomic E-state index is 0.751. The summed E-state index contributed by atoms with van der Waals surface area (Å²) in [7, 11) is 0. The fraction of sp³-hybridized carbons (Fsp3) is 0.276. The van der Waals surface area contributed by atoms with Crippen molar-refractivity contribution in [3.8, 4) is 16.9 Å². The summed E-state index contributed by atoms with van der Waals surface area (Å²) in [5.41, 5.74) is 6.89. The van der Waals surface area contributed by atoms with Crippen LogP contribution in [0.5, 0.6) is 0 Å². The molecule has 1 aliphatic heterocycles. The first-order chi connectivity index (χ1) is 17.2. The Bertz CT molecular complexity index is 1230. The van der Waals surface area contributed by atoms with Crippen molar-refractivity contribution in [1.82, 2.24) is 20.0 Å². The van der Waals surface area contributed by atoms with E-state index in [2.05, 4.69) is 93.5 Å². The lowest BCUT2D eigenvalue weighted by molar-refractivity contribution is 0.257.